The van der Waals surface area contributed by atoms with Crippen LogP contribution in [0.15, 0.2) is 46.9 Å². The molecule has 3 aromatic rings. The van der Waals surface area contributed by atoms with E-state index in [-0.39, 0.29) is 5.97 Å². The standard InChI is InChI=1S/C17H17NO3/c1-2-20-17(19)14(18)10-11-6-5-8-13-12-7-3-4-9-15(12)21-16(11)13/h3-9,14H,2,10,18H2,1H3. The molecule has 2 aromatic carbocycles. The number of rotatable bonds is 4. The van der Waals surface area contributed by atoms with E-state index < -0.39 is 6.04 Å². The maximum Gasteiger partial charge on any atom is 0.323 e. The molecule has 1 aromatic heterocycles. The molecule has 0 bridgehead atoms. The lowest BCUT2D eigenvalue weighted by atomic mass is 10.0. The second-order valence-corrected chi connectivity index (χ2v) is 4.95. The number of hydrogen-bond acceptors (Lipinski definition) is 4. The van der Waals surface area contributed by atoms with E-state index in [0.29, 0.717) is 13.0 Å². The molecular weight excluding hydrogens is 266 g/mol. The minimum atomic E-state index is -0.677. The smallest absolute Gasteiger partial charge is 0.323 e. The van der Waals surface area contributed by atoms with E-state index in [9.17, 15) is 4.79 Å². The van der Waals surface area contributed by atoms with Crippen molar-refractivity contribution in [2.75, 3.05) is 6.61 Å². The van der Waals surface area contributed by atoms with Crippen molar-refractivity contribution in [3.05, 3.63) is 48.0 Å². The van der Waals surface area contributed by atoms with Crippen LogP contribution in [0.3, 0.4) is 0 Å². The Morgan fingerprint density at radius 3 is 2.76 bits per heavy atom. The SMILES string of the molecule is CCOC(=O)C(N)Cc1cccc2c1oc1ccccc12. The number of para-hydroxylation sites is 2. The zero-order chi connectivity index (χ0) is 14.8. The summed E-state index contributed by atoms with van der Waals surface area (Å²) in [6.07, 6.45) is 0.399. The zero-order valence-electron chi connectivity index (χ0n) is 11.8. The second-order valence-electron chi connectivity index (χ2n) is 4.95. The third kappa shape index (κ3) is 2.50. The maximum absolute atomic E-state index is 11.7. The van der Waals surface area contributed by atoms with Crippen molar-refractivity contribution in [3.63, 3.8) is 0 Å². The van der Waals surface area contributed by atoms with Gasteiger partial charge < -0.3 is 14.9 Å². The Morgan fingerprint density at radius 1 is 1.19 bits per heavy atom. The normalized spacial score (nSPS) is 12.7. The number of carbonyl (C=O) groups is 1. The molecule has 0 radical (unpaired) electrons. The third-order valence-electron chi connectivity index (χ3n) is 3.52. The molecule has 0 saturated heterocycles. The summed E-state index contributed by atoms with van der Waals surface area (Å²) in [6.45, 7) is 2.10. The minimum absolute atomic E-state index is 0.335. The number of fused-ring (bicyclic) bond motifs is 3. The molecule has 0 fully saturated rings. The molecule has 1 atom stereocenters. The van der Waals surface area contributed by atoms with Gasteiger partial charge >= 0.3 is 5.97 Å². The first-order valence-electron chi connectivity index (χ1n) is 7.02. The highest BCUT2D eigenvalue weighted by Gasteiger charge is 2.18. The molecule has 4 heteroatoms. The van der Waals surface area contributed by atoms with Crippen molar-refractivity contribution in [3.8, 4) is 0 Å². The van der Waals surface area contributed by atoms with Gasteiger partial charge in [0.15, 0.2) is 0 Å². The molecule has 3 rings (SSSR count). The fourth-order valence-corrected chi connectivity index (χ4v) is 2.54. The lowest BCUT2D eigenvalue weighted by Crippen LogP contribution is -2.34. The maximum atomic E-state index is 11.7. The monoisotopic (exact) mass is 283 g/mol. The highest BCUT2D eigenvalue weighted by atomic mass is 16.5. The molecular formula is C17H17NO3. The molecule has 4 nitrogen and oxygen atoms in total. The van der Waals surface area contributed by atoms with Gasteiger partial charge in [-0.05, 0) is 18.6 Å². The number of carbonyl (C=O) groups excluding carboxylic acids is 1. The first kappa shape index (κ1) is 13.6. The van der Waals surface area contributed by atoms with Gasteiger partial charge in [-0.1, -0.05) is 36.4 Å². The van der Waals surface area contributed by atoms with E-state index in [4.69, 9.17) is 14.9 Å². The Kier molecular flexibility index (Phi) is 3.62. The lowest BCUT2D eigenvalue weighted by molar-refractivity contribution is -0.144. The fraction of sp³-hybridized carbons (Fsp3) is 0.235. The number of hydrogen-bond donors (Lipinski definition) is 1. The first-order chi connectivity index (χ1) is 10.2. The van der Waals surface area contributed by atoms with Gasteiger partial charge in [-0.25, -0.2) is 0 Å². The Labute approximate surface area is 122 Å². The Bertz CT molecular complexity index is 791. The summed E-state index contributed by atoms with van der Waals surface area (Å²) >= 11 is 0. The Morgan fingerprint density at radius 2 is 1.95 bits per heavy atom. The molecule has 2 N–H and O–H groups in total. The number of benzene rings is 2. The highest BCUT2D eigenvalue weighted by Crippen LogP contribution is 2.31. The highest BCUT2D eigenvalue weighted by molar-refractivity contribution is 6.05. The fourth-order valence-electron chi connectivity index (χ4n) is 2.54. The summed E-state index contributed by atoms with van der Waals surface area (Å²) in [4.78, 5) is 11.7. The number of furan rings is 1. The Hall–Kier alpha value is -2.33. The topological polar surface area (TPSA) is 65.5 Å². The molecule has 0 aliphatic rings. The molecule has 0 aliphatic heterocycles. The van der Waals surface area contributed by atoms with E-state index in [1.807, 2.05) is 42.5 Å². The summed E-state index contributed by atoms with van der Waals surface area (Å²) in [7, 11) is 0. The summed E-state index contributed by atoms with van der Waals surface area (Å²) < 4.78 is 10.9. The largest absolute Gasteiger partial charge is 0.465 e. The van der Waals surface area contributed by atoms with E-state index in [1.165, 1.54) is 0 Å². The molecule has 0 saturated carbocycles. The molecule has 108 valence electrons. The number of ether oxygens (including phenoxy) is 1. The molecule has 0 spiro atoms. The van der Waals surface area contributed by atoms with Crippen molar-refractivity contribution >= 4 is 27.9 Å². The third-order valence-corrected chi connectivity index (χ3v) is 3.52. The Balaban J connectivity index is 2.01. The van der Waals surface area contributed by atoms with Gasteiger partial charge in [0.2, 0.25) is 0 Å². The van der Waals surface area contributed by atoms with Crippen LogP contribution in [0.4, 0.5) is 0 Å². The first-order valence-corrected chi connectivity index (χ1v) is 7.02. The lowest BCUT2D eigenvalue weighted by Gasteiger charge is -2.10. The van der Waals surface area contributed by atoms with E-state index >= 15 is 0 Å². The minimum Gasteiger partial charge on any atom is -0.465 e. The van der Waals surface area contributed by atoms with Crippen LogP contribution >= 0.6 is 0 Å². The molecule has 0 amide bonds. The van der Waals surface area contributed by atoms with Gasteiger partial charge in [0, 0.05) is 17.2 Å². The van der Waals surface area contributed by atoms with Gasteiger partial charge in [-0.15, -0.1) is 0 Å². The number of nitrogens with two attached hydrogens (primary N) is 1. The van der Waals surface area contributed by atoms with Crippen molar-refractivity contribution in [1.29, 1.82) is 0 Å². The average Bonchev–Trinajstić information content (AvgIpc) is 2.87. The summed E-state index contributed by atoms with van der Waals surface area (Å²) in [5, 5.41) is 2.11. The van der Waals surface area contributed by atoms with Crippen LogP contribution in [-0.2, 0) is 16.0 Å². The van der Waals surface area contributed by atoms with Crippen molar-refractivity contribution in [1.82, 2.24) is 0 Å². The van der Waals surface area contributed by atoms with Crippen LogP contribution < -0.4 is 5.73 Å². The molecule has 1 unspecified atom stereocenters. The van der Waals surface area contributed by atoms with Gasteiger partial charge in [0.05, 0.1) is 6.61 Å². The van der Waals surface area contributed by atoms with Crippen molar-refractivity contribution in [2.24, 2.45) is 5.73 Å². The summed E-state index contributed by atoms with van der Waals surface area (Å²) in [5.74, 6) is -0.384. The van der Waals surface area contributed by atoms with E-state index in [1.54, 1.807) is 6.92 Å². The zero-order valence-corrected chi connectivity index (χ0v) is 11.8. The average molecular weight is 283 g/mol. The predicted octanol–water partition coefficient (Wildman–Crippen LogP) is 3.02. The van der Waals surface area contributed by atoms with Crippen molar-refractivity contribution in [2.45, 2.75) is 19.4 Å². The van der Waals surface area contributed by atoms with Gasteiger partial charge in [0.25, 0.3) is 0 Å². The molecule has 21 heavy (non-hydrogen) atoms. The van der Waals surface area contributed by atoms with Crippen molar-refractivity contribution < 1.29 is 13.9 Å². The second kappa shape index (κ2) is 5.58. The van der Waals surface area contributed by atoms with Crippen LogP contribution in [0, 0.1) is 0 Å². The predicted molar refractivity (Wildman–Crippen MR) is 82.0 cm³/mol. The van der Waals surface area contributed by atoms with Gasteiger partial charge in [0.1, 0.15) is 17.2 Å². The van der Waals surface area contributed by atoms with Gasteiger partial charge in [-0.2, -0.15) is 0 Å². The number of esters is 1. The van der Waals surface area contributed by atoms with E-state index in [0.717, 1.165) is 27.5 Å². The summed E-state index contributed by atoms with van der Waals surface area (Å²) in [6, 6.07) is 13.1. The van der Waals surface area contributed by atoms with Crippen LogP contribution in [0.2, 0.25) is 0 Å². The van der Waals surface area contributed by atoms with Crippen LogP contribution in [0.25, 0.3) is 21.9 Å². The van der Waals surface area contributed by atoms with Crippen LogP contribution in [0.5, 0.6) is 0 Å². The van der Waals surface area contributed by atoms with Gasteiger partial charge in [-0.3, -0.25) is 4.79 Å². The molecule has 1 heterocycles. The van der Waals surface area contributed by atoms with Crippen LogP contribution in [-0.4, -0.2) is 18.6 Å². The summed E-state index contributed by atoms with van der Waals surface area (Å²) in [5.41, 5.74) is 8.45. The van der Waals surface area contributed by atoms with E-state index in [2.05, 4.69) is 0 Å². The molecule has 0 aliphatic carbocycles. The quantitative estimate of drug-likeness (QED) is 0.747. The van der Waals surface area contributed by atoms with Crippen LogP contribution in [0.1, 0.15) is 12.5 Å².